The monoisotopic (exact) mass is 978 g/mol. The van der Waals surface area contributed by atoms with Gasteiger partial charge in [-0.3, -0.25) is 16.8 Å². The molecule has 5 aromatic rings. The van der Waals surface area contributed by atoms with Gasteiger partial charge in [-0.15, -0.1) is 0 Å². The minimum atomic E-state index is -1.29. The van der Waals surface area contributed by atoms with Gasteiger partial charge in [0, 0.05) is 111 Å². The fourth-order valence-electron chi connectivity index (χ4n) is 8.32. The summed E-state index contributed by atoms with van der Waals surface area (Å²) < 4.78 is 84.4. The van der Waals surface area contributed by atoms with Crippen LogP contribution in [0.25, 0.3) is 0 Å². The van der Waals surface area contributed by atoms with Gasteiger partial charge in [-0.25, -0.2) is 0 Å². The molecule has 0 aliphatic carbocycles. The van der Waals surface area contributed by atoms with Gasteiger partial charge in [0.15, 0.2) is 0 Å². The maximum atomic E-state index is 13.8. The Labute approximate surface area is 398 Å². The number of aryl methyl sites for hydroxylation is 5. The Balaban J connectivity index is 1.34. The largest absolute Gasteiger partial charge is 0.496 e. The number of benzene rings is 5. The number of hydrogen-bond donors (Lipinski definition) is 0. The van der Waals surface area contributed by atoms with Gasteiger partial charge in [0.1, 0.15) is 28.7 Å². The van der Waals surface area contributed by atoms with Gasteiger partial charge in [0.05, 0.1) is 52.8 Å². The highest BCUT2D eigenvalue weighted by Gasteiger charge is 2.21. The zero-order valence-corrected chi connectivity index (χ0v) is 43.3. The minimum absolute atomic E-state index is 0.272. The van der Waals surface area contributed by atoms with Crippen molar-refractivity contribution in [3.63, 3.8) is 0 Å². The molecule has 0 saturated heterocycles. The van der Waals surface area contributed by atoms with E-state index in [0.717, 1.165) is 95.0 Å². The summed E-state index contributed by atoms with van der Waals surface area (Å²) >= 11 is 0. The Bertz CT molecular complexity index is 2710. The fraction of sp³-hybridized carbons (Fsp3) is 0.392. The molecule has 0 spiro atoms. The topological polar surface area (TPSA) is 114 Å². The van der Waals surface area contributed by atoms with E-state index >= 15 is 0 Å². The molecule has 0 fully saturated rings. The molecule has 0 radical (unpaired) electrons. The lowest BCUT2D eigenvalue weighted by atomic mass is 10.1. The normalized spacial score (nSPS) is 20.0. The van der Waals surface area contributed by atoms with E-state index in [1.807, 2.05) is 83.1 Å². The van der Waals surface area contributed by atoms with Crippen molar-refractivity contribution in [2.24, 2.45) is 0 Å². The van der Waals surface area contributed by atoms with Gasteiger partial charge in [0.25, 0.3) is 0 Å². The Morgan fingerprint density at radius 3 is 0.662 bits per heavy atom. The molecule has 5 atom stereocenters. The van der Waals surface area contributed by atoms with Crippen LogP contribution in [0.3, 0.4) is 0 Å². The van der Waals surface area contributed by atoms with Crippen molar-refractivity contribution in [2.45, 2.75) is 92.1 Å². The first kappa shape index (κ1) is 50.3. The number of rotatable bonds is 5. The summed E-state index contributed by atoms with van der Waals surface area (Å²) in [6.45, 7) is 10.0. The number of hydrogen-bond acceptors (Lipinski definition) is 9. The van der Waals surface area contributed by atoms with Gasteiger partial charge in [-0.05, 0) is 121 Å². The molecule has 10 bridgehead atoms. The van der Waals surface area contributed by atoms with Crippen LogP contribution in [-0.4, -0.2) is 58.3 Å². The number of ether oxygens (including phenoxy) is 5. The molecule has 5 aromatic carbocycles. The zero-order valence-electron chi connectivity index (χ0n) is 39.3. The van der Waals surface area contributed by atoms with E-state index in [0.29, 0.717) is 69.0 Å². The SMILES string of the molecule is C=S1Cc2cc(C)c(cc2OC)CS(=O)Cc2cc(C)c(cc2OC)CS(=O)Cc2cc(OC)c(cc2C)CS(=O)Cc2cc(OC)c(cc2C)CS(=O)Cc2cc(OC)c(cc2C)C1. The molecule has 14 heteroatoms. The lowest BCUT2D eigenvalue weighted by molar-refractivity contribution is 0.410. The van der Waals surface area contributed by atoms with E-state index < -0.39 is 43.2 Å². The van der Waals surface area contributed by atoms with Crippen molar-refractivity contribution in [1.82, 2.24) is 0 Å². The van der Waals surface area contributed by atoms with Crippen molar-refractivity contribution < 1.29 is 40.5 Å². The molecule has 0 N–H and O–H groups in total. The van der Waals surface area contributed by atoms with Crippen LogP contribution in [0, 0.1) is 34.6 Å². The van der Waals surface area contributed by atoms with E-state index in [1.165, 1.54) is 0 Å². The molecule has 6 aliphatic heterocycles. The van der Waals surface area contributed by atoms with Crippen LogP contribution in [-0.2, 0) is 101 Å². The second-order valence-electron chi connectivity index (χ2n) is 16.8. The Morgan fingerprint density at radius 1 is 0.308 bits per heavy atom. The predicted octanol–water partition coefficient (Wildman–Crippen LogP) is 9.78. The summed E-state index contributed by atoms with van der Waals surface area (Å²) in [5.41, 5.74) is 14.1. The van der Waals surface area contributed by atoms with Crippen molar-refractivity contribution >= 4 is 59.6 Å². The van der Waals surface area contributed by atoms with Crippen LogP contribution in [0.2, 0.25) is 0 Å². The maximum absolute atomic E-state index is 13.8. The first-order valence-electron chi connectivity index (χ1n) is 21.2. The Morgan fingerprint density at radius 2 is 0.477 bits per heavy atom. The standard InChI is InChI=1S/C51H62O9S5/c1-32-12-42-22-61(11)23-43-13-33(2)38(18-48(43)57-7)27-64(54)30-46-16-36(5)41(21-51(46)60-10)28-65(55)31-45-15-35(4)40(20-50(45)59-9)25-62(52)24-39-19-49(58-8)44(14-34(39)3)29-63(53)26-37(32)17-47(42)56-6/h12-21H,11,22-31H2,1-10H3. The molecule has 6 aliphatic rings. The predicted molar refractivity (Wildman–Crippen MR) is 273 cm³/mol. The average Bonchev–Trinajstić information content (AvgIpc) is 3.25. The maximum Gasteiger partial charge on any atom is 0.123 e. The van der Waals surface area contributed by atoms with Crippen molar-refractivity contribution in [3.05, 3.63) is 144 Å². The first-order chi connectivity index (χ1) is 31.0. The van der Waals surface area contributed by atoms with E-state index in [9.17, 15) is 16.8 Å². The summed E-state index contributed by atoms with van der Waals surface area (Å²) in [5.74, 6) is 11.7. The smallest absolute Gasteiger partial charge is 0.123 e. The highest BCUT2D eigenvalue weighted by molar-refractivity contribution is 8.12. The molecular formula is C51H62O9S5. The van der Waals surface area contributed by atoms with Gasteiger partial charge in [0.2, 0.25) is 0 Å². The third kappa shape index (κ3) is 12.7. The van der Waals surface area contributed by atoms with Crippen molar-refractivity contribution in [3.8, 4) is 28.7 Å². The summed E-state index contributed by atoms with van der Waals surface area (Å²) in [7, 11) is 2.70. The van der Waals surface area contributed by atoms with E-state index in [4.69, 9.17) is 23.7 Å². The molecule has 0 aromatic heterocycles. The van der Waals surface area contributed by atoms with Crippen molar-refractivity contribution in [1.29, 1.82) is 0 Å². The van der Waals surface area contributed by atoms with Crippen LogP contribution in [0.15, 0.2) is 60.7 Å². The molecule has 0 amide bonds. The second-order valence-corrected chi connectivity index (χ2v) is 24.4. The Kier molecular flexibility index (Phi) is 17.5. The van der Waals surface area contributed by atoms with Gasteiger partial charge in [-0.1, -0.05) is 36.2 Å². The van der Waals surface area contributed by atoms with Crippen LogP contribution in [0.4, 0.5) is 0 Å². The molecule has 11 rings (SSSR count). The second kappa shape index (κ2) is 22.6. The highest BCUT2D eigenvalue weighted by atomic mass is 32.2. The number of methoxy groups -OCH3 is 5. The quantitative estimate of drug-likeness (QED) is 0.159. The summed E-state index contributed by atoms with van der Waals surface area (Å²) in [5, 5.41) is 0. The van der Waals surface area contributed by atoms with Gasteiger partial charge in [-0.2, -0.15) is 10.5 Å². The van der Waals surface area contributed by atoms with Crippen LogP contribution >= 0.6 is 10.5 Å². The lowest BCUT2D eigenvalue weighted by Crippen LogP contribution is -2.08. The summed E-state index contributed by atoms with van der Waals surface area (Å²) in [4.78, 5) is 0. The highest BCUT2D eigenvalue weighted by Crippen LogP contribution is 2.37. The summed E-state index contributed by atoms with van der Waals surface area (Å²) in [6.07, 6.45) is 0. The van der Waals surface area contributed by atoms with Crippen LogP contribution in [0.5, 0.6) is 28.7 Å². The molecule has 6 heterocycles. The summed E-state index contributed by atoms with van der Waals surface area (Å²) in [6, 6.07) is 20.0. The minimum Gasteiger partial charge on any atom is -0.496 e. The molecule has 65 heavy (non-hydrogen) atoms. The van der Waals surface area contributed by atoms with Gasteiger partial charge >= 0.3 is 0 Å². The van der Waals surface area contributed by atoms with Crippen molar-refractivity contribution in [2.75, 3.05) is 35.5 Å². The molecular weight excluding hydrogens is 917 g/mol. The molecule has 350 valence electrons. The third-order valence-corrected chi connectivity index (χ3v) is 18.4. The molecule has 0 saturated carbocycles. The van der Waals surface area contributed by atoms with Crippen LogP contribution < -0.4 is 23.7 Å². The van der Waals surface area contributed by atoms with Crippen LogP contribution in [0.1, 0.15) is 83.5 Å². The molecule has 9 nitrogen and oxygen atoms in total. The Hall–Kier alpha value is -4.08. The van der Waals surface area contributed by atoms with Gasteiger partial charge < -0.3 is 23.7 Å². The first-order valence-corrected chi connectivity index (χ1v) is 28.9. The molecule has 5 unspecified atom stereocenters. The third-order valence-electron chi connectivity index (χ3n) is 11.9. The fourth-order valence-corrected chi connectivity index (χ4v) is 15.2. The van der Waals surface area contributed by atoms with E-state index in [-0.39, 0.29) is 16.2 Å². The van der Waals surface area contributed by atoms with E-state index in [1.54, 1.807) is 35.5 Å². The zero-order chi connectivity index (χ0) is 47.1. The van der Waals surface area contributed by atoms with E-state index in [2.05, 4.69) is 18.0 Å². The lowest BCUT2D eigenvalue weighted by Gasteiger charge is -2.18. The average molecular weight is 979 g/mol. The number of fused-ring (bicyclic) bond motifs is 5.